The number of hydrogen-bond acceptors (Lipinski definition) is 7. The lowest BCUT2D eigenvalue weighted by Crippen LogP contribution is -2.25. The van der Waals surface area contributed by atoms with Gasteiger partial charge in [-0.1, -0.05) is 26.0 Å². The van der Waals surface area contributed by atoms with Crippen molar-refractivity contribution in [3.63, 3.8) is 0 Å². The Kier molecular flexibility index (Phi) is 8.37. The molecule has 0 bridgehead atoms. The summed E-state index contributed by atoms with van der Waals surface area (Å²) in [5, 5.41) is 5.91. The number of para-hydroxylation sites is 1. The molecule has 0 fully saturated rings. The Labute approximate surface area is 207 Å². The molecule has 2 aromatic carbocycles. The van der Waals surface area contributed by atoms with Crippen LogP contribution in [0.2, 0.25) is 0 Å². The van der Waals surface area contributed by atoms with Crippen molar-refractivity contribution >= 4 is 41.5 Å². The number of alkyl halides is 3. The van der Waals surface area contributed by atoms with Crippen molar-refractivity contribution in [3.8, 4) is 0 Å². The van der Waals surface area contributed by atoms with Gasteiger partial charge in [-0.2, -0.15) is 18.2 Å². The summed E-state index contributed by atoms with van der Waals surface area (Å²) in [4.78, 5) is 25.1. The van der Waals surface area contributed by atoms with Crippen LogP contribution in [0, 0.1) is 5.92 Å². The third-order valence-corrected chi connectivity index (χ3v) is 6.37. The summed E-state index contributed by atoms with van der Waals surface area (Å²) >= 11 is 0. The van der Waals surface area contributed by atoms with Crippen LogP contribution in [0.3, 0.4) is 0 Å². The first-order valence-corrected chi connectivity index (χ1v) is 13.6. The zero-order chi connectivity index (χ0) is 26.5. The molecule has 0 saturated heterocycles. The van der Waals surface area contributed by atoms with Gasteiger partial charge in [-0.05, 0) is 55.6 Å². The molecular weight excluding hydrogens is 494 g/mol. The van der Waals surface area contributed by atoms with E-state index in [2.05, 4.69) is 26.1 Å². The minimum Gasteiger partial charge on any atom is -0.339 e. The van der Waals surface area contributed by atoms with Gasteiger partial charge in [-0.25, -0.2) is 10.5 Å². The third-order valence-electron chi connectivity index (χ3n) is 4.82. The SMILES string of the molecule is CC(C)CONC(=O)c1ccc(Nc2ncc(C(F)(F)F)c(Nc3ccccc3P(C)(C)=O)n2)cc1. The van der Waals surface area contributed by atoms with Gasteiger partial charge in [-0.15, -0.1) is 0 Å². The first kappa shape index (κ1) is 27.2. The van der Waals surface area contributed by atoms with Crippen molar-refractivity contribution in [2.45, 2.75) is 20.0 Å². The molecule has 36 heavy (non-hydrogen) atoms. The van der Waals surface area contributed by atoms with E-state index in [1.54, 1.807) is 36.4 Å². The Morgan fingerprint density at radius 2 is 1.72 bits per heavy atom. The monoisotopic (exact) mass is 521 g/mol. The van der Waals surface area contributed by atoms with Crippen molar-refractivity contribution in [2.75, 3.05) is 30.6 Å². The fourth-order valence-corrected chi connectivity index (χ4v) is 4.24. The Balaban J connectivity index is 1.83. The summed E-state index contributed by atoms with van der Waals surface area (Å²) in [6, 6.07) is 12.6. The minimum absolute atomic E-state index is 0.100. The molecule has 192 valence electrons. The second-order valence-corrected chi connectivity index (χ2v) is 12.0. The number of benzene rings is 2. The smallest absolute Gasteiger partial charge is 0.339 e. The number of hydroxylamine groups is 1. The molecule has 1 aromatic heterocycles. The van der Waals surface area contributed by atoms with Crippen LogP contribution in [-0.2, 0) is 15.6 Å². The van der Waals surface area contributed by atoms with Crippen LogP contribution in [-0.4, -0.2) is 35.8 Å². The zero-order valence-corrected chi connectivity index (χ0v) is 21.1. The molecular formula is C24H27F3N5O3P. The van der Waals surface area contributed by atoms with Gasteiger partial charge in [0, 0.05) is 22.8 Å². The molecule has 1 amide bonds. The average molecular weight is 521 g/mol. The van der Waals surface area contributed by atoms with Crippen molar-refractivity contribution in [1.29, 1.82) is 0 Å². The molecule has 3 rings (SSSR count). The highest BCUT2D eigenvalue weighted by Gasteiger charge is 2.35. The summed E-state index contributed by atoms with van der Waals surface area (Å²) in [6.07, 6.45) is -4.05. The Morgan fingerprint density at radius 1 is 1.06 bits per heavy atom. The van der Waals surface area contributed by atoms with Crippen LogP contribution < -0.4 is 21.4 Å². The van der Waals surface area contributed by atoms with E-state index in [4.69, 9.17) is 4.84 Å². The summed E-state index contributed by atoms with van der Waals surface area (Å²) in [5.74, 6) is -0.764. The van der Waals surface area contributed by atoms with Crippen molar-refractivity contribution in [2.24, 2.45) is 5.92 Å². The van der Waals surface area contributed by atoms with Crippen LogP contribution >= 0.6 is 7.14 Å². The molecule has 3 aromatic rings. The van der Waals surface area contributed by atoms with Crippen LogP contribution in [0.1, 0.15) is 29.8 Å². The zero-order valence-electron chi connectivity index (χ0n) is 20.2. The van der Waals surface area contributed by atoms with E-state index >= 15 is 0 Å². The van der Waals surface area contributed by atoms with Gasteiger partial charge in [0.2, 0.25) is 5.95 Å². The predicted molar refractivity (Wildman–Crippen MR) is 134 cm³/mol. The number of anilines is 4. The summed E-state index contributed by atoms with van der Waals surface area (Å²) in [5.41, 5.74) is 2.32. The Hall–Kier alpha value is -3.43. The number of aromatic nitrogens is 2. The van der Waals surface area contributed by atoms with E-state index in [0.717, 1.165) is 0 Å². The van der Waals surface area contributed by atoms with Crippen molar-refractivity contribution in [3.05, 3.63) is 65.9 Å². The second-order valence-electron chi connectivity index (χ2n) is 8.79. The fourth-order valence-electron chi connectivity index (χ4n) is 3.09. The Bertz CT molecular complexity index is 1260. The normalized spacial score (nSPS) is 11.9. The van der Waals surface area contributed by atoms with Gasteiger partial charge in [0.25, 0.3) is 5.91 Å². The lowest BCUT2D eigenvalue weighted by Gasteiger charge is -2.18. The highest BCUT2D eigenvalue weighted by molar-refractivity contribution is 7.70. The first-order valence-electron chi connectivity index (χ1n) is 11.0. The van der Waals surface area contributed by atoms with E-state index in [1.165, 1.54) is 25.5 Å². The number of halogens is 3. The molecule has 12 heteroatoms. The lowest BCUT2D eigenvalue weighted by molar-refractivity contribution is -0.137. The van der Waals surface area contributed by atoms with Gasteiger partial charge >= 0.3 is 6.18 Å². The topological polar surface area (TPSA) is 105 Å². The minimum atomic E-state index is -4.72. The van der Waals surface area contributed by atoms with E-state index < -0.39 is 30.6 Å². The summed E-state index contributed by atoms with van der Waals surface area (Å²) < 4.78 is 53.6. The average Bonchev–Trinajstić information content (AvgIpc) is 2.78. The standard InChI is InChI=1S/C24H27F3N5O3P/c1-15(2)14-35-32-22(33)16-9-11-17(12-10-16)29-23-28-13-18(24(25,26)27)21(31-23)30-19-7-5-6-8-20(19)36(3,4)34/h5-13,15H,14H2,1-4H3,(H,32,33)(H2,28,29,30,31). The van der Waals surface area contributed by atoms with Gasteiger partial charge in [0.1, 0.15) is 18.5 Å². The largest absolute Gasteiger partial charge is 0.421 e. The van der Waals surface area contributed by atoms with Gasteiger partial charge in [-0.3, -0.25) is 9.63 Å². The summed E-state index contributed by atoms with van der Waals surface area (Å²) in [6.45, 7) is 7.33. The number of hydrogen-bond donors (Lipinski definition) is 3. The maximum absolute atomic E-state index is 13.7. The second kappa shape index (κ2) is 11.1. The van der Waals surface area contributed by atoms with Crippen LogP contribution in [0.15, 0.2) is 54.7 Å². The summed E-state index contributed by atoms with van der Waals surface area (Å²) in [7, 11) is -2.78. The predicted octanol–water partition coefficient (Wildman–Crippen LogP) is 5.55. The number of rotatable bonds is 9. The molecule has 0 unspecified atom stereocenters. The van der Waals surface area contributed by atoms with Crippen LogP contribution in [0.5, 0.6) is 0 Å². The van der Waals surface area contributed by atoms with Crippen LogP contribution in [0.25, 0.3) is 0 Å². The third kappa shape index (κ3) is 7.29. The Morgan fingerprint density at radius 3 is 2.33 bits per heavy atom. The van der Waals surface area contributed by atoms with Crippen LogP contribution in [0.4, 0.5) is 36.3 Å². The molecule has 0 atom stereocenters. The number of carbonyl (C=O) groups excluding carboxylic acids is 1. The number of nitrogens with one attached hydrogen (secondary N) is 3. The first-order chi connectivity index (χ1) is 16.8. The van der Waals surface area contributed by atoms with Crippen molar-refractivity contribution in [1.82, 2.24) is 15.4 Å². The number of nitrogens with zero attached hydrogens (tertiary/aromatic N) is 2. The quantitative estimate of drug-likeness (QED) is 0.251. The molecule has 3 N–H and O–H groups in total. The van der Waals surface area contributed by atoms with E-state index in [1.807, 2.05) is 13.8 Å². The lowest BCUT2D eigenvalue weighted by atomic mass is 10.2. The molecule has 0 aliphatic rings. The maximum Gasteiger partial charge on any atom is 0.421 e. The van der Waals surface area contributed by atoms with Crippen molar-refractivity contribution < 1.29 is 27.4 Å². The maximum atomic E-state index is 13.7. The fraction of sp³-hybridized carbons (Fsp3) is 0.292. The number of carbonyl (C=O) groups is 1. The molecule has 0 aliphatic heterocycles. The highest BCUT2D eigenvalue weighted by atomic mass is 31.2. The molecule has 0 saturated carbocycles. The molecule has 0 spiro atoms. The van der Waals surface area contributed by atoms with Gasteiger partial charge in [0.05, 0.1) is 12.3 Å². The van der Waals surface area contributed by atoms with E-state index in [9.17, 15) is 22.5 Å². The highest BCUT2D eigenvalue weighted by Crippen LogP contribution is 2.40. The number of amides is 1. The van der Waals surface area contributed by atoms with Gasteiger partial charge in [0.15, 0.2) is 0 Å². The molecule has 0 radical (unpaired) electrons. The van der Waals surface area contributed by atoms with Gasteiger partial charge < -0.3 is 15.2 Å². The molecule has 1 heterocycles. The van der Waals surface area contributed by atoms with E-state index in [-0.39, 0.29) is 17.6 Å². The molecule has 8 nitrogen and oxygen atoms in total. The van der Waals surface area contributed by atoms with E-state index in [0.29, 0.717) is 29.4 Å². The molecule has 0 aliphatic carbocycles.